The van der Waals surface area contributed by atoms with E-state index in [1.807, 2.05) is 32.0 Å². The maximum absolute atomic E-state index is 12.3. The molecule has 0 atom stereocenters. The van der Waals surface area contributed by atoms with Gasteiger partial charge in [-0.15, -0.1) is 0 Å². The average molecular weight is 344 g/mol. The van der Waals surface area contributed by atoms with Crippen LogP contribution in [-0.2, 0) is 10.0 Å². The lowest BCUT2D eigenvalue weighted by Gasteiger charge is -2.08. The predicted octanol–water partition coefficient (Wildman–Crippen LogP) is 2.37. The van der Waals surface area contributed by atoms with Crippen LogP contribution >= 0.6 is 0 Å². The fourth-order valence-corrected chi connectivity index (χ4v) is 3.23. The molecule has 0 amide bonds. The molecule has 0 aliphatic heterocycles. The second kappa shape index (κ2) is 7.95. The van der Waals surface area contributed by atoms with E-state index in [4.69, 9.17) is 4.74 Å². The number of pyridine rings is 1. The van der Waals surface area contributed by atoms with E-state index in [1.54, 1.807) is 25.3 Å². The van der Waals surface area contributed by atoms with Crippen LogP contribution in [0.25, 0.3) is 0 Å². The average Bonchev–Trinajstić information content (AvgIpc) is 2.54. The van der Waals surface area contributed by atoms with Crippen molar-refractivity contribution in [2.24, 2.45) is 0 Å². The number of benzene rings is 1. The normalized spacial score (nSPS) is 10.8. The lowest BCUT2D eigenvalue weighted by atomic mass is 10.2. The van der Waals surface area contributed by atoms with Crippen LogP contribution in [0.5, 0.6) is 5.75 Å². The molecule has 0 saturated carbocycles. The molecular weight excluding hydrogens is 324 g/mol. The van der Waals surface area contributed by atoms with Crippen molar-refractivity contribution in [1.29, 1.82) is 0 Å². The van der Waals surface area contributed by atoms with Crippen LogP contribution in [0.15, 0.2) is 41.4 Å². The molecule has 0 fully saturated rings. The van der Waals surface area contributed by atoms with Crippen molar-refractivity contribution in [2.75, 3.05) is 13.2 Å². The number of nitrogens with one attached hydrogen (secondary N) is 1. The number of sulfonamides is 1. The van der Waals surface area contributed by atoms with Gasteiger partial charge in [-0.2, -0.15) is 4.72 Å². The fourth-order valence-electron chi connectivity index (χ4n) is 1.98. The van der Waals surface area contributed by atoms with Gasteiger partial charge in [0.25, 0.3) is 0 Å². The summed E-state index contributed by atoms with van der Waals surface area (Å²) in [7, 11) is -3.56. The number of hydrogen-bond donors (Lipinski definition) is 1. The summed E-state index contributed by atoms with van der Waals surface area (Å²) in [5.41, 5.74) is 2.51. The molecule has 5 nitrogen and oxygen atoms in total. The molecule has 6 heteroatoms. The minimum Gasteiger partial charge on any atom is -0.479 e. The van der Waals surface area contributed by atoms with Crippen molar-refractivity contribution in [3.05, 3.63) is 53.3 Å². The summed E-state index contributed by atoms with van der Waals surface area (Å²) in [5, 5.41) is 0. The summed E-state index contributed by atoms with van der Waals surface area (Å²) in [4.78, 5) is 4.39. The third-order valence-electron chi connectivity index (χ3n) is 3.30. The van der Waals surface area contributed by atoms with Crippen LogP contribution in [0.3, 0.4) is 0 Å². The quantitative estimate of drug-likeness (QED) is 0.846. The lowest BCUT2D eigenvalue weighted by Crippen LogP contribution is -2.24. The number of hydrogen-bond acceptors (Lipinski definition) is 4. The van der Waals surface area contributed by atoms with Crippen LogP contribution in [0.2, 0.25) is 0 Å². The topological polar surface area (TPSA) is 68.3 Å². The summed E-state index contributed by atoms with van der Waals surface area (Å²) in [6, 6.07) is 8.98. The lowest BCUT2D eigenvalue weighted by molar-refractivity contribution is 0.368. The van der Waals surface area contributed by atoms with E-state index in [2.05, 4.69) is 21.5 Å². The highest BCUT2D eigenvalue weighted by Crippen LogP contribution is 2.16. The second-order valence-electron chi connectivity index (χ2n) is 5.37. The van der Waals surface area contributed by atoms with Gasteiger partial charge < -0.3 is 4.74 Å². The molecule has 2 rings (SSSR count). The molecule has 1 aromatic heterocycles. The van der Waals surface area contributed by atoms with E-state index in [9.17, 15) is 8.42 Å². The van der Waals surface area contributed by atoms with Gasteiger partial charge in [0, 0.05) is 5.69 Å². The van der Waals surface area contributed by atoms with E-state index in [1.165, 1.54) is 0 Å². The summed E-state index contributed by atoms with van der Waals surface area (Å²) in [6.45, 7) is 5.73. The Labute approximate surface area is 143 Å². The zero-order valence-corrected chi connectivity index (χ0v) is 14.8. The zero-order valence-electron chi connectivity index (χ0n) is 14.0. The van der Waals surface area contributed by atoms with E-state index in [-0.39, 0.29) is 18.0 Å². The Morgan fingerprint density at radius 2 is 1.92 bits per heavy atom. The molecule has 0 radical (unpaired) electrons. The molecule has 0 saturated heterocycles. The summed E-state index contributed by atoms with van der Waals surface area (Å²) in [6.07, 6.45) is 1.63. The molecule has 1 N–H and O–H groups in total. The molecule has 0 unspecified atom stereocenters. The summed E-state index contributed by atoms with van der Waals surface area (Å²) in [5.74, 6) is 6.14. The number of aryl methyl sites for hydroxylation is 3. The Bertz CT molecular complexity index is 863. The number of rotatable bonds is 5. The molecule has 2 aromatic rings. The smallest absolute Gasteiger partial charge is 0.241 e. The van der Waals surface area contributed by atoms with Gasteiger partial charge >= 0.3 is 0 Å². The first-order valence-electron chi connectivity index (χ1n) is 7.46. The molecule has 126 valence electrons. The number of ether oxygens (including phenoxy) is 1. The fraction of sp³-hybridized carbons (Fsp3) is 0.278. The van der Waals surface area contributed by atoms with Gasteiger partial charge in [0.05, 0.1) is 17.6 Å². The Balaban J connectivity index is 1.87. The van der Waals surface area contributed by atoms with Crippen molar-refractivity contribution < 1.29 is 13.2 Å². The summed E-state index contributed by atoms with van der Waals surface area (Å²) >= 11 is 0. The third kappa shape index (κ3) is 5.08. The van der Waals surface area contributed by atoms with Crippen LogP contribution in [0.1, 0.15) is 16.8 Å². The van der Waals surface area contributed by atoms with Gasteiger partial charge in [0.1, 0.15) is 12.4 Å². The Hall–Kier alpha value is -2.36. The molecule has 0 aliphatic carbocycles. The van der Waals surface area contributed by atoms with Crippen LogP contribution in [0, 0.1) is 32.6 Å². The van der Waals surface area contributed by atoms with Crippen LogP contribution < -0.4 is 9.46 Å². The molecule has 0 spiro atoms. The monoisotopic (exact) mass is 344 g/mol. The van der Waals surface area contributed by atoms with Gasteiger partial charge in [-0.1, -0.05) is 24.0 Å². The molecule has 24 heavy (non-hydrogen) atoms. The van der Waals surface area contributed by atoms with Crippen molar-refractivity contribution in [3.8, 4) is 17.6 Å². The van der Waals surface area contributed by atoms with Gasteiger partial charge in [-0.05, 0) is 50.1 Å². The van der Waals surface area contributed by atoms with Crippen molar-refractivity contribution in [3.63, 3.8) is 0 Å². The van der Waals surface area contributed by atoms with Crippen LogP contribution in [0.4, 0.5) is 0 Å². The first-order valence-corrected chi connectivity index (χ1v) is 8.95. The van der Waals surface area contributed by atoms with Gasteiger partial charge in [0.2, 0.25) is 10.0 Å². The largest absolute Gasteiger partial charge is 0.479 e. The second-order valence-corrected chi connectivity index (χ2v) is 7.11. The maximum Gasteiger partial charge on any atom is 0.241 e. The highest BCUT2D eigenvalue weighted by Gasteiger charge is 2.15. The molecule has 0 bridgehead atoms. The highest BCUT2D eigenvalue weighted by molar-refractivity contribution is 7.89. The zero-order chi connectivity index (χ0) is 17.6. The minimum atomic E-state index is -3.56. The molecule has 1 aromatic carbocycles. The summed E-state index contributed by atoms with van der Waals surface area (Å²) < 4.78 is 32.4. The van der Waals surface area contributed by atoms with E-state index >= 15 is 0 Å². The van der Waals surface area contributed by atoms with Gasteiger partial charge in [-0.25, -0.2) is 8.42 Å². The van der Waals surface area contributed by atoms with Crippen LogP contribution in [-0.4, -0.2) is 26.6 Å². The molecular formula is C18H20N2O3S. The van der Waals surface area contributed by atoms with Gasteiger partial charge in [-0.3, -0.25) is 4.98 Å². The Kier molecular flexibility index (Phi) is 5.96. The maximum atomic E-state index is 12.3. The van der Waals surface area contributed by atoms with E-state index in [0.717, 1.165) is 11.3 Å². The SMILES string of the molecule is Cc1ccc(C)c(S(=O)(=O)NCC#CCOc2ccc(C)nc2)c1. The minimum absolute atomic E-state index is 0.0330. The Morgan fingerprint density at radius 1 is 1.12 bits per heavy atom. The molecule has 0 aliphatic rings. The van der Waals surface area contributed by atoms with Gasteiger partial charge in [0.15, 0.2) is 0 Å². The number of nitrogens with zero attached hydrogens (tertiary/aromatic N) is 1. The van der Waals surface area contributed by atoms with Crippen molar-refractivity contribution in [1.82, 2.24) is 9.71 Å². The highest BCUT2D eigenvalue weighted by atomic mass is 32.2. The number of aromatic nitrogens is 1. The first-order chi connectivity index (χ1) is 11.4. The van der Waals surface area contributed by atoms with E-state index in [0.29, 0.717) is 11.3 Å². The van der Waals surface area contributed by atoms with E-state index < -0.39 is 10.0 Å². The third-order valence-corrected chi connectivity index (χ3v) is 4.85. The van der Waals surface area contributed by atoms with Crippen molar-refractivity contribution in [2.45, 2.75) is 25.7 Å². The molecule has 1 heterocycles. The predicted molar refractivity (Wildman–Crippen MR) is 93.3 cm³/mol. The standard InChI is InChI=1S/C18H20N2O3S/c1-14-6-7-15(2)18(12-14)24(21,22)20-10-4-5-11-23-17-9-8-16(3)19-13-17/h6-9,12-13,20H,10-11H2,1-3H3. The van der Waals surface area contributed by atoms with Crippen molar-refractivity contribution >= 4 is 10.0 Å². The Morgan fingerprint density at radius 3 is 2.62 bits per heavy atom. The first kappa shape index (κ1) is 18.0.